The second-order valence-electron chi connectivity index (χ2n) is 3.41. The van der Waals surface area contributed by atoms with Crippen LogP contribution in [0, 0.1) is 13.8 Å². The van der Waals surface area contributed by atoms with Crippen molar-refractivity contribution in [3.05, 3.63) is 17.5 Å². The SMILES string of the molecule is COCC(Cl)CNc1nc(C)cc(C)n1. The highest BCUT2D eigenvalue weighted by atomic mass is 35.5. The zero-order chi connectivity index (χ0) is 11.3. The van der Waals surface area contributed by atoms with Gasteiger partial charge in [-0.3, -0.25) is 0 Å². The van der Waals surface area contributed by atoms with Crippen LogP contribution in [-0.4, -0.2) is 35.6 Å². The van der Waals surface area contributed by atoms with E-state index in [0.29, 0.717) is 19.1 Å². The maximum absolute atomic E-state index is 5.97. The van der Waals surface area contributed by atoms with Crippen molar-refractivity contribution in [3.8, 4) is 0 Å². The van der Waals surface area contributed by atoms with E-state index >= 15 is 0 Å². The van der Waals surface area contributed by atoms with Gasteiger partial charge in [-0.1, -0.05) is 0 Å². The van der Waals surface area contributed by atoms with Gasteiger partial charge in [0.15, 0.2) is 0 Å². The molecule has 1 aromatic rings. The third kappa shape index (κ3) is 4.44. The standard InChI is InChI=1S/C10H16ClN3O/c1-7-4-8(2)14-10(13-7)12-5-9(11)6-15-3/h4,9H,5-6H2,1-3H3,(H,12,13,14). The summed E-state index contributed by atoms with van der Waals surface area (Å²) in [5.41, 5.74) is 1.89. The predicted octanol–water partition coefficient (Wildman–Crippen LogP) is 1.76. The fraction of sp³-hybridized carbons (Fsp3) is 0.600. The lowest BCUT2D eigenvalue weighted by atomic mass is 10.3. The van der Waals surface area contributed by atoms with Crippen LogP contribution in [-0.2, 0) is 4.74 Å². The number of nitrogens with zero attached hydrogens (tertiary/aromatic N) is 2. The first kappa shape index (κ1) is 12.2. The third-order valence-corrected chi connectivity index (χ3v) is 2.09. The molecule has 1 N–H and O–H groups in total. The van der Waals surface area contributed by atoms with Crippen LogP contribution < -0.4 is 5.32 Å². The van der Waals surface area contributed by atoms with E-state index in [-0.39, 0.29) is 5.38 Å². The van der Waals surface area contributed by atoms with Gasteiger partial charge in [-0.2, -0.15) is 0 Å². The van der Waals surface area contributed by atoms with E-state index in [2.05, 4.69) is 15.3 Å². The molecule has 0 aliphatic heterocycles. The summed E-state index contributed by atoms with van der Waals surface area (Å²) in [4.78, 5) is 8.49. The highest BCUT2D eigenvalue weighted by Crippen LogP contribution is 2.05. The lowest BCUT2D eigenvalue weighted by Crippen LogP contribution is -2.20. The number of anilines is 1. The summed E-state index contributed by atoms with van der Waals surface area (Å²) in [5, 5.41) is 3.01. The molecule has 4 nitrogen and oxygen atoms in total. The molecule has 1 aromatic heterocycles. The fourth-order valence-corrected chi connectivity index (χ4v) is 1.45. The molecule has 0 bridgehead atoms. The number of ether oxygens (including phenoxy) is 1. The average molecular weight is 230 g/mol. The lowest BCUT2D eigenvalue weighted by Gasteiger charge is -2.10. The fourth-order valence-electron chi connectivity index (χ4n) is 1.25. The van der Waals surface area contributed by atoms with E-state index in [4.69, 9.17) is 16.3 Å². The Hall–Kier alpha value is -0.870. The Morgan fingerprint density at radius 1 is 1.40 bits per heavy atom. The molecule has 0 saturated carbocycles. The minimum atomic E-state index is -0.0700. The quantitative estimate of drug-likeness (QED) is 0.782. The highest BCUT2D eigenvalue weighted by Gasteiger charge is 2.05. The molecular weight excluding hydrogens is 214 g/mol. The van der Waals surface area contributed by atoms with Crippen LogP contribution in [0.1, 0.15) is 11.4 Å². The van der Waals surface area contributed by atoms with Crippen LogP contribution in [0.5, 0.6) is 0 Å². The molecule has 1 atom stereocenters. The second-order valence-corrected chi connectivity index (χ2v) is 4.03. The molecule has 0 saturated heterocycles. The Labute approximate surface area is 95.0 Å². The van der Waals surface area contributed by atoms with Crippen molar-refractivity contribution < 1.29 is 4.74 Å². The monoisotopic (exact) mass is 229 g/mol. The van der Waals surface area contributed by atoms with Crippen molar-refractivity contribution in [2.24, 2.45) is 0 Å². The van der Waals surface area contributed by atoms with Gasteiger partial charge in [-0.15, -0.1) is 11.6 Å². The Morgan fingerprint density at radius 2 is 2.00 bits per heavy atom. The summed E-state index contributed by atoms with van der Waals surface area (Å²) >= 11 is 5.97. The van der Waals surface area contributed by atoms with Crippen molar-refractivity contribution >= 4 is 17.5 Å². The summed E-state index contributed by atoms with van der Waals surface area (Å²) in [6.45, 7) is 4.98. The van der Waals surface area contributed by atoms with Crippen LogP contribution >= 0.6 is 11.6 Å². The molecule has 0 aliphatic carbocycles. The van der Waals surface area contributed by atoms with Gasteiger partial charge < -0.3 is 10.1 Å². The lowest BCUT2D eigenvalue weighted by molar-refractivity contribution is 0.200. The van der Waals surface area contributed by atoms with Crippen molar-refractivity contribution in [3.63, 3.8) is 0 Å². The largest absolute Gasteiger partial charge is 0.383 e. The predicted molar refractivity (Wildman–Crippen MR) is 61.5 cm³/mol. The van der Waals surface area contributed by atoms with Crippen LogP contribution in [0.4, 0.5) is 5.95 Å². The normalized spacial score (nSPS) is 12.5. The van der Waals surface area contributed by atoms with Crippen LogP contribution in [0.25, 0.3) is 0 Å². The van der Waals surface area contributed by atoms with Gasteiger partial charge in [0.1, 0.15) is 0 Å². The molecule has 0 fully saturated rings. The van der Waals surface area contributed by atoms with Gasteiger partial charge in [0.05, 0.1) is 12.0 Å². The molecule has 1 unspecified atom stereocenters. The summed E-state index contributed by atoms with van der Waals surface area (Å²) in [6.07, 6.45) is 0. The van der Waals surface area contributed by atoms with E-state index in [0.717, 1.165) is 11.4 Å². The van der Waals surface area contributed by atoms with Crippen molar-refractivity contribution in [2.45, 2.75) is 19.2 Å². The molecule has 0 spiro atoms. The van der Waals surface area contributed by atoms with Gasteiger partial charge in [0.25, 0.3) is 0 Å². The summed E-state index contributed by atoms with van der Waals surface area (Å²) in [6, 6.07) is 1.93. The second kappa shape index (κ2) is 5.88. The maximum Gasteiger partial charge on any atom is 0.223 e. The first-order valence-electron chi connectivity index (χ1n) is 4.81. The third-order valence-electron chi connectivity index (χ3n) is 1.81. The van der Waals surface area contributed by atoms with Gasteiger partial charge in [0, 0.05) is 25.0 Å². The van der Waals surface area contributed by atoms with Crippen molar-refractivity contribution in [1.82, 2.24) is 9.97 Å². The number of halogens is 1. The number of alkyl halides is 1. The Bertz CT molecular complexity index is 299. The van der Waals surface area contributed by atoms with E-state index in [9.17, 15) is 0 Å². The Morgan fingerprint density at radius 3 is 2.53 bits per heavy atom. The van der Waals surface area contributed by atoms with Crippen LogP contribution in [0.15, 0.2) is 6.07 Å². The van der Waals surface area contributed by atoms with Crippen LogP contribution in [0.2, 0.25) is 0 Å². The molecule has 1 rings (SSSR count). The summed E-state index contributed by atoms with van der Waals surface area (Å²) in [7, 11) is 1.63. The van der Waals surface area contributed by atoms with E-state index in [1.165, 1.54) is 0 Å². The molecule has 5 heteroatoms. The summed E-state index contributed by atoms with van der Waals surface area (Å²) in [5.74, 6) is 0.620. The Balaban J connectivity index is 2.50. The minimum Gasteiger partial charge on any atom is -0.383 e. The number of nitrogens with one attached hydrogen (secondary N) is 1. The topological polar surface area (TPSA) is 47.0 Å². The maximum atomic E-state index is 5.97. The average Bonchev–Trinajstić information content (AvgIpc) is 2.14. The number of rotatable bonds is 5. The number of aryl methyl sites for hydroxylation is 2. The Kier molecular flexibility index (Phi) is 4.78. The first-order chi connectivity index (χ1) is 7.11. The molecule has 15 heavy (non-hydrogen) atoms. The number of methoxy groups -OCH3 is 1. The zero-order valence-corrected chi connectivity index (χ0v) is 10.0. The van der Waals surface area contributed by atoms with Gasteiger partial charge in [-0.25, -0.2) is 9.97 Å². The number of aromatic nitrogens is 2. The van der Waals surface area contributed by atoms with Crippen molar-refractivity contribution in [2.75, 3.05) is 25.6 Å². The van der Waals surface area contributed by atoms with Gasteiger partial charge in [-0.05, 0) is 19.9 Å². The van der Waals surface area contributed by atoms with Crippen LogP contribution in [0.3, 0.4) is 0 Å². The van der Waals surface area contributed by atoms with E-state index < -0.39 is 0 Å². The summed E-state index contributed by atoms with van der Waals surface area (Å²) < 4.78 is 4.93. The first-order valence-corrected chi connectivity index (χ1v) is 5.24. The molecule has 0 aliphatic rings. The minimum absolute atomic E-state index is 0.0700. The number of hydrogen-bond acceptors (Lipinski definition) is 4. The smallest absolute Gasteiger partial charge is 0.223 e. The molecular formula is C10H16ClN3O. The molecule has 0 radical (unpaired) electrons. The molecule has 0 aromatic carbocycles. The molecule has 0 amide bonds. The van der Waals surface area contributed by atoms with E-state index in [1.807, 2.05) is 19.9 Å². The van der Waals surface area contributed by atoms with E-state index in [1.54, 1.807) is 7.11 Å². The van der Waals surface area contributed by atoms with Crippen molar-refractivity contribution in [1.29, 1.82) is 0 Å². The zero-order valence-electron chi connectivity index (χ0n) is 9.25. The number of hydrogen-bond donors (Lipinski definition) is 1. The highest BCUT2D eigenvalue weighted by molar-refractivity contribution is 6.21. The molecule has 84 valence electrons. The molecule has 1 heterocycles. The van der Waals surface area contributed by atoms with Gasteiger partial charge >= 0.3 is 0 Å². The van der Waals surface area contributed by atoms with Gasteiger partial charge in [0.2, 0.25) is 5.95 Å².